The number of amides is 2. The summed E-state index contributed by atoms with van der Waals surface area (Å²) in [5.41, 5.74) is 0.850. The van der Waals surface area contributed by atoms with Crippen LogP contribution in [0.2, 0.25) is 0 Å². The summed E-state index contributed by atoms with van der Waals surface area (Å²) in [4.78, 5) is 22.3. The standard InChI is InChI=1S/C12H9N5O3/c13-6-7-1-3-8(4-2-7)14-12(20)15-10-5-9(11(18)19)16-17-10/h1-5H,(H,18,19)(H3,14,15,16,17,20). The average Bonchev–Trinajstić information content (AvgIpc) is 2.88. The maximum Gasteiger partial charge on any atom is 0.353 e. The molecule has 0 spiro atoms. The highest BCUT2D eigenvalue weighted by Crippen LogP contribution is 2.10. The van der Waals surface area contributed by atoms with Crippen molar-refractivity contribution in [2.24, 2.45) is 0 Å². The van der Waals surface area contributed by atoms with E-state index >= 15 is 0 Å². The van der Waals surface area contributed by atoms with Gasteiger partial charge in [-0.1, -0.05) is 0 Å². The number of carbonyl (C=O) groups excluding carboxylic acids is 1. The first-order chi connectivity index (χ1) is 9.58. The summed E-state index contributed by atoms with van der Waals surface area (Å²) in [7, 11) is 0. The number of carboxylic acids is 1. The van der Waals surface area contributed by atoms with E-state index in [9.17, 15) is 9.59 Å². The molecule has 0 aliphatic heterocycles. The van der Waals surface area contributed by atoms with Crippen LogP contribution in [0.1, 0.15) is 16.1 Å². The molecule has 2 rings (SSSR count). The van der Waals surface area contributed by atoms with Gasteiger partial charge in [0, 0.05) is 11.8 Å². The minimum Gasteiger partial charge on any atom is -0.477 e. The van der Waals surface area contributed by atoms with Crippen molar-refractivity contribution in [3.8, 4) is 6.07 Å². The van der Waals surface area contributed by atoms with E-state index in [4.69, 9.17) is 10.4 Å². The number of nitrogens with one attached hydrogen (secondary N) is 3. The first-order valence-corrected chi connectivity index (χ1v) is 5.45. The normalized spacial score (nSPS) is 9.55. The number of hydrogen-bond acceptors (Lipinski definition) is 4. The second kappa shape index (κ2) is 5.53. The number of hydrogen-bond donors (Lipinski definition) is 4. The first-order valence-electron chi connectivity index (χ1n) is 5.45. The third kappa shape index (κ3) is 3.11. The fourth-order valence-corrected chi connectivity index (χ4v) is 1.40. The molecule has 0 atom stereocenters. The van der Waals surface area contributed by atoms with Crippen LogP contribution >= 0.6 is 0 Å². The molecule has 0 bridgehead atoms. The number of aromatic carboxylic acids is 1. The number of aromatic amines is 1. The van der Waals surface area contributed by atoms with E-state index in [1.807, 2.05) is 6.07 Å². The molecule has 100 valence electrons. The minimum atomic E-state index is -1.17. The summed E-state index contributed by atoms with van der Waals surface area (Å²) in [6.45, 7) is 0. The zero-order valence-corrected chi connectivity index (χ0v) is 10.0. The van der Waals surface area contributed by atoms with Gasteiger partial charge in [0.1, 0.15) is 5.69 Å². The largest absolute Gasteiger partial charge is 0.477 e. The fraction of sp³-hybridized carbons (Fsp3) is 0. The van der Waals surface area contributed by atoms with Crippen LogP contribution in [0.4, 0.5) is 16.3 Å². The maximum absolute atomic E-state index is 11.6. The number of nitriles is 1. The molecule has 0 radical (unpaired) electrons. The average molecular weight is 271 g/mol. The smallest absolute Gasteiger partial charge is 0.353 e. The van der Waals surface area contributed by atoms with Crippen molar-refractivity contribution < 1.29 is 14.7 Å². The van der Waals surface area contributed by atoms with Gasteiger partial charge in [-0.2, -0.15) is 10.4 Å². The Morgan fingerprint density at radius 2 is 1.95 bits per heavy atom. The number of urea groups is 1. The van der Waals surface area contributed by atoms with Crippen LogP contribution in [0.5, 0.6) is 0 Å². The van der Waals surface area contributed by atoms with Crippen molar-refractivity contribution in [2.75, 3.05) is 10.6 Å². The van der Waals surface area contributed by atoms with Crippen molar-refractivity contribution in [3.63, 3.8) is 0 Å². The quantitative estimate of drug-likeness (QED) is 0.673. The molecule has 2 aromatic rings. The summed E-state index contributed by atoms with van der Waals surface area (Å²) < 4.78 is 0. The highest BCUT2D eigenvalue weighted by Gasteiger charge is 2.10. The van der Waals surface area contributed by atoms with Crippen molar-refractivity contribution >= 4 is 23.5 Å². The van der Waals surface area contributed by atoms with Gasteiger partial charge >= 0.3 is 12.0 Å². The molecule has 0 aliphatic rings. The molecule has 4 N–H and O–H groups in total. The van der Waals surface area contributed by atoms with Gasteiger partial charge in [-0.25, -0.2) is 9.59 Å². The van der Waals surface area contributed by atoms with Crippen molar-refractivity contribution in [2.45, 2.75) is 0 Å². The van der Waals surface area contributed by atoms with Crippen molar-refractivity contribution in [3.05, 3.63) is 41.6 Å². The molecular weight excluding hydrogens is 262 g/mol. The minimum absolute atomic E-state index is 0.0912. The molecule has 0 saturated carbocycles. The zero-order chi connectivity index (χ0) is 14.5. The second-order valence-electron chi connectivity index (χ2n) is 3.74. The predicted molar refractivity (Wildman–Crippen MR) is 69.3 cm³/mol. The molecule has 0 fully saturated rings. The first kappa shape index (κ1) is 13.1. The number of H-pyrrole nitrogens is 1. The molecule has 0 unspecified atom stereocenters. The Bertz CT molecular complexity index is 684. The molecule has 8 heteroatoms. The number of benzene rings is 1. The highest BCUT2D eigenvalue weighted by atomic mass is 16.4. The van der Waals surface area contributed by atoms with Gasteiger partial charge in [0.25, 0.3) is 0 Å². The third-order valence-electron chi connectivity index (χ3n) is 2.32. The number of anilines is 2. The fourth-order valence-electron chi connectivity index (χ4n) is 1.40. The maximum atomic E-state index is 11.6. The van der Waals surface area contributed by atoms with Gasteiger partial charge in [-0.15, -0.1) is 0 Å². The lowest BCUT2D eigenvalue weighted by Gasteiger charge is -2.04. The van der Waals surface area contributed by atoms with Crippen LogP contribution in [0.25, 0.3) is 0 Å². The topological polar surface area (TPSA) is 131 Å². The van der Waals surface area contributed by atoms with Gasteiger partial charge < -0.3 is 10.4 Å². The van der Waals surface area contributed by atoms with Crippen LogP contribution in [-0.4, -0.2) is 27.3 Å². The number of aromatic nitrogens is 2. The lowest BCUT2D eigenvalue weighted by atomic mass is 10.2. The molecular formula is C12H9N5O3. The van der Waals surface area contributed by atoms with E-state index in [1.165, 1.54) is 6.07 Å². The molecule has 8 nitrogen and oxygen atoms in total. The summed E-state index contributed by atoms with van der Waals surface area (Å²) in [6.07, 6.45) is 0. The molecule has 1 heterocycles. The van der Waals surface area contributed by atoms with Crippen LogP contribution < -0.4 is 10.6 Å². The Labute approximate surface area is 113 Å². The van der Waals surface area contributed by atoms with E-state index in [2.05, 4.69) is 20.8 Å². The van der Waals surface area contributed by atoms with Crippen LogP contribution in [-0.2, 0) is 0 Å². The van der Waals surface area contributed by atoms with Crippen molar-refractivity contribution in [1.82, 2.24) is 10.2 Å². The van der Waals surface area contributed by atoms with Crippen LogP contribution in [0.3, 0.4) is 0 Å². The third-order valence-corrected chi connectivity index (χ3v) is 2.32. The van der Waals surface area contributed by atoms with Gasteiger partial charge in [-0.3, -0.25) is 10.4 Å². The summed E-state index contributed by atoms with van der Waals surface area (Å²) in [6, 6.07) is 8.86. The van der Waals surface area contributed by atoms with Crippen LogP contribution in [0.15, 0.2) is 30.3 Å². The van der Waals surface area contributed by atoms with Gasteiger partial charge in [0.05, 0.1) is 11.6 Å². The molecule has 0 aliphatic carbocycles. The lowest BCUT2D eigenvalue weighted by Crippen LogP contribution is -2.19. The Morgan fingerprint density at radius 3 is 2.50 bits per heavy atom. The van der Waals surface area contributed by atoms with Gasteiger partial charge in [-0.05, 0) is 24.3 Å². The number of rotatable bonds is 3. The summed E-state index contributed by atoms with van der Waals surface area (Å²) in [5.74, 6) is -1.08. The lowest BCUT2D eigenvalue weighted by molar-refractivity contribution is 0.0690. The van der Waals surface area contributed by atoms with Gasteiger partial charge in [0.2, 0.25) is 0 Å². The van der Waals surface area contributed by atoms with E-state index in [-0.39, 0.29) is 11.5 Å². The van der Waals surface area contributed by atoms with Crippen LogP contribution in [0, 0.1) is 11.3 Å². The Balaban J connectivity index is 1.97. The summed E-state index contributed by atoms with van der Waals surface area (Å²) in [5, 5.41) is 28.1. The van der Waals surface area contributed by atoms with Gasteiger partial charge in [0.15, 0.2) is 5.82 Å². The highest BCUT2D eigenvalue weighted by molar-refractivity contribution is 5.99. The van der Waals surface area contributed by atoms with E-state index in [1.54, 1.807) is 24.3 Å². The number of nitrogens with zero attached hydrogens (tertiary/aromatic N) is 2. The molecule has 2 amide bonds. The van der Waals surface area contributed by atoms with E-state index in [0.717, 1.165) is 0 Å². The Kier molecular flexibility index (Phi) is 3.63. The molecule has 1 aromatic heterocycles. The molecule has 0 saturated heterocycles. The van der Waals surface area contributed by atoms with E-state index in [0.29, 0.717) is 11.3 Å². The van der Waals surface area contributed by atoms with E-state index < -0.39 is 12.0 Å². The number of carboxylic acid groups (broad SMARTS) is 1. The molecule has 20 heavy (non-hydrogen) atoms. The SMILES string of the molecule is N#Cc1ccc(NC(=O)Nc2cc(C(=O)O)[nH]n2)cc1. The Morgan fingerprint density at radius 1 is 1.25 bits per heavy atom. The van der Waals surface area contributed by atoms with Crippen molar-refractivity contribution in [1.29, 1.82) is 5.26 Å². The number of carbonyl (C=O) groups is 2. The summed E-state index contributed by atoms with van der Waals surface area (Å²) >= 11 is 0. The predicted octanol–water partition coefficient (Wildman–Crippen LogP) is 1.62. The molecule has 1 aromatic carbocycles. The second-order valence-corrected chi connectivity index (χ2v) is 3.74. The zero-order valence-electron chi connectivity index (χ0n) is 10.0. The monoisotopic (exact) mass is 271 g/mol. The Hall–Kier alpha value is -3.34.